The van der Waals surface area contributed by atoms with Crippen molar-refractivity contribution in [3.05, 3.63) is 28.1 Å². The number of nitrogens with one attached hydrogen (secondary N) is 1. The van der Waals surface area contributed by atoms with Gasteiger partial charge in [0.05, 0.1) is 10.6 Å². The minimum atomic E-state index is -1.01. The summed E-state index contributed by atoms with van der Waals surface area (Å²) in [5.74, 6) is -1.38. The normalized spacial score (nSPS) is 12.1. The Balaban J connectivity index is 2.18. The molecule has 0 aliphatic carbocycles. The minimum absolute atomic E-state index is 0.367. The fourth-order valence-electron chi connectivity index (χ4n) is 1.88. The van der Waals surface area contributed by atoms with Crippen LogP contribution in [0.5, 0.6) is 0 Å². The molecule has 7 heteroatoms. The quantitative estimate of drug-likeness (QED) is 0.855. The number of hydrogen-bond acceptors (Lipinski definition) is 5. The SMILES string of the molecule is CCC[C@@H](NC(=O)c1sc(-c2cccs2)nc1C)C(=O)O. The van der Waals surface area contributed by atoms with E-state index in [1.807, 2.05) is 24.4 Å². The van der Waals surface area contributed by atoms with Crippen molar-refractivity contribution >= 4 is 34.6 Å². The molecule has 2 rings (SSSR count). The van der Waals surface area contributed by atoms with Gasteiger partial charge in [-0.3, -0.25) is 4.79 Å². The Kier molecular flexibility index (Phi) is 5.08. The zero-order valence-electron chi connectivity index (χ0n) is 11.8. The summed E-state index contributed by atoms with van der Waals surface area (Å²) in [5.41, 5.74) is 0.626. The van der Waals surface area contributed by atoms with E-state index in [4.69, 9.17) is 5.11 Å². The molecule has 2 aromatic heterocycles. The Bertz CT molecular complexity index is 635. The number of carboxylic acid groups (broad SMARTS) is 1. The molecule has 0 radical (unpaired) electrons. The van der Waals surface area contributed by atoms with Crippen LogP contribution in [-0.4, -0.2) is 28.0 Å². The molecule has 0 saturated heterocycles. The number of hydrogen-bond donors (Lipinski definition) is 2. The van der Waals surface area contributed by atoms with E-state index in [9.17, 15) is 9.59 Å². The lowest BCUT2D eigenvalue weighted by atomic mass is 10.1. The number of carbonyl (C=O) groups is 2. The number of carboxylic acids is 1. The number of carbonyl (C=O) groups excluding carboxylic acids is 1. The second-order valence-electron chi connectivity index (χ2n) is 4.56. The predicted molar refractivity (Wildman–Crippen MR) is 84.0 cm³/mol. The molecule has 2 aromatic rings. The highest BCUT2D eigenvalue weighted by Crippen LogP contribution is 2.31. The highest BCUT2D eigenvalue weighted by atomic mass is 32.1. The molecule has 0 aromatic carbocycles. The Hall–Kier alpha value is -1.73. The standard InChI is InChI=1S/C14H16N2O3S2/c1-3-5-9(14(18)19)16-12(17)11-8(2)15-13(21-11)10-6-4-7-20-10/h4,6-7,9H,3,5H2,1-2H3,(H,16,17)(H,18,19)/t9-/m1/s1. The molecule has 0 fully saturated rings. The van der Waals surface area contributed by atoms with Gasteiger partial charge in [-0.25, -0.2) is 9.78 Å². The van der Waals surface area contributed by atoms with E-state index >= 15 is 0 Å². The van der Waals surface area contributed by atoms with Crippen LogP contribution >= 0.6 is 22.7 Å². The Morgan fingerprint density at radius 2 is 2.24 bits per heavy atom. The summed E-state index contributed by atoms with van der Waals surface area (Å²) < 4.78 is 0. The summed E-state index contributed by atoms with van der Waals surface area (Å²) in [6, 6.07) is 3.02. The van der Waals surface area contributed by atoms with Gasteiger partial charge < -0.3 is 10.4 Å². The second kappa shape index (κ2) is 6.82. The van der Waals surface area contributed by atoms with Gasteiger partial charge in [-0.05, 0) is 24.8 Å². The van der Waals surface area contributed by atoms with E-state index in [0.29, 0.717) is 23.4 Å². The fraction of sp³-hybridized carbons (Fsp3) is 0.357. The molecule has 2 heterocycles. The zero-order valence-corrected chi connectivity index (χ0v) is 13.4. The monoisotopic (exact) mass is 324 g/mol. The molecule has 21 heavy (non-hydrogen) atoms. The number of amides is 1. The lowest BCUT2D eigenvalue weighted by molar-refractivity contribution is -0.139. The van der Waals surface area contributed by atoms with Crippen LogP contribution in [0.4, 0.5) is 0 Å². The molecule has 0 aliphatic rings. The van der Waals surface area contributed by atoms with Crippen LogP contribution in [0.15, 0.2) is 17.5 Å². The molecule has 0 aliphatic heterocycles. The van der Waals surface area contributed by atoms with Gasteiger partial charge in [0.25, 0.3) is 5.91 Å². The van der Waals surface area contributed by atoms with Crippen LogP contribution in [0.3, 0.4) is 0 Å². The molecule has 0 bridgehead atoms. The topological polar surface area (TPSA) is 79.3 Å². The van der Waals surface area contributed by atoms with Crippen molar-refractivity contribution in [3.8, 4) is 9.88 Å². The van der Waals surface area contributed by atoms with Crippen LogP contribution in [-0.2, 0) is 4.79 Å². The van der Waals surface area contributed by atoms with Gasteiger partial charge in [-0.1, -0.05) is 19.4 Å². The van der Waals surface area contributed by atoms with Gasteiger partial charge >= 0.3 is 5.97 Å². The van der Waals surface area contributed by atoms with Crippen LogP contribution in [0, 0.1) is 6.92 Å². The molecular weight excluding hydrogens is 308 g/mol. The first-order valence-corrected chi connectivity index (χ1v) is 8.27. The number of nitrogens with zero attached hydrogens (tertiary/aromatic N) is 1. The fourth-order valence-corrected chi connectivity index (χ4v) is 3.65. The molecule has 112 valence electrons. The number of thiophene rings is 1. The third-order valence-corrected chi connectivity index (χ3v) is 5.11. The molecule has 1 amide bonds. The van der Waals surface area contributed by atoms with Gasteiger partial charge in [-0.2, -0.15) is 0 Å². The van der Waals surface area contributed by atoms with E-state index in [1.165, 1.54) is 11.3 Å². The average molecular weight is 324 g/mol. The summed E-state index contributed by atoms with van der Waals surface area (Å²) in [7, 11) is 0. The van der Waals surface area contributed by atoms with Gasteiger partial charge in [0.1, 0.15) is 15.9 Å². The summed E-state index contributed by atoms with van der Waals surface area (Å²) in [6.45, 7) is 3.65. The lowest BCUT2D eigenvalue weighted by Crippen LogP contribution is -2.40. The molecule has 2 N–H and O–H groups in total. The summed E-state index contributed by atoms with van der Waals surface area (Å²) in [5, 5.41) is 14.4. The average Bonchev–Trinajstić information content (AvgIpc) is 3.06. The summed E-state index contributed by atoms with van der Waals surface area (Å²) in [4.78, 5) is 29.2. The van der Waals surface area contributed by atoms with Crippen molar-refractivity contribution in [3.63, 3.8) is 0 Å². The lowest BCUT2D eigenvalue weighted by Gasteiger charge is -2.12. The third kappa shape index (κ3) is 3.68. The Labute approximate surface area is 130 Å². The number of aliphatic carboxylic acids is 1. The number of aromatic nitrogens is 1. The van der Waals surface area contributed by atoms with Crippen LogP contribution in [0.2, 0.25) is 0 Å². The van der Waals surface area contributed by atoms with E-state index < -0.39 is 12.0 Å². The van der Waals surface area contributed by atoms with E-state index in [2.05, 4.69) is 10.3 Å². The van der Waals surface area contributed by atoms with Gasteiger partial charge in [-0.15, -0.1) is 22.7 Å². The van der Waals surface area contributed by atoms with E-state index in [0.717, 1.165) is 9.88 Å². The smallest absolute Gasteiger partial charge is 0.326 e. The molecule has 0 unspecified atom stereocenters. The van der Waals surface area contributed by atoms with Gasteiger partial charge in [0.15, 0.2) is 0 Å². The first-order valence-electron chi connectivity index (χ1n) is 6.58. The molecule has 0 saturated carbocycles. The van der Waals surface area contributed by atoms with E-state index in [-0.39, 0.29) is 5.91 Å². The summed E-state index contributed by atoms with van der Waals surface area (Å²) in [6.07, 6.45) is 1.11. The minimum Gasteiger partial charge on any atom is -0.480 e. The maximum Gasteiger partial charge on any atom is 0.326 e. The van der Waals surface area contributed by atoms with Crippen molar-refractivity contribution in [2.45, 2.75) is 32.7 Å². The number of aryl methyl sites for hydroxylation is 1. The second-order valence-corrected chi connectivity index (χ2v) is 6.51. The van der Waals surface area contributed by atoms with Crippen LogP contribution < -0.4 is 5.32 Å². The van der Waals surface area contributed by atoms with Crippen molar-refractivity contribution in [1.82, 2.24) is 10.3 Å². The van der Waals surface area contributed by atoms with Gasteiger partial charge in [0.2, 0.25) is 0 Å². The van der Waals surface area contributed by atoms with Crippen molar-refractivity contribution in [2.24, 2.45) is 0 Å². The molecule has 5 nitrogen and oxygen atoms in total. The Morgan fingerprint density at radius 1 is 1.48 bits per heavy atom. The Morgan fingerprint density at radius 3 is 2.81 bits per heavy atom. The highest BCUT2D eigenvalue weighted by molar-refractivity contribution is 7.22. The first-order chi connectivity index (χ1) is 10.0. The zero-order chi connectivity index (χ0) is 15.4. The number of rotatable bonds is 6. The predicted octanol–water partition coefficient (Wildman–Crippen LogP) is 3.16. The highest BCUT2D eigenvalue weighted by Gasteiger charge is 2.23. The molecular formula is C14H16N2O3S2. The van der Waals surface area contributed by atoms with Crippen LogP contribution in [0.1, 0.15) is 35.1 Å². The maximum atomic E-state index is 12.2. The largest absolute Gasteiger partial charge is 0.480 e. The summed E-state index contributed by atoms with van der Waals surface area (Å²) >= 11 is 2.85. The van der Waals surface area contributed by atoms with E-state index in [1.54, 1.807) is 18.3 Å². The van der Waals surface area contributed by atoms with Crippen molar-refractivity contribution < 1.29 is 14.7 Å². The van der Waals surface area contributed by atoms with Crippen molar-refractivity contribution in [2.75, 3.05) is 0 Å². The van der Waals surface area contributed by atoms with Crippen LogP contribution in [0.25, 0.3) is 9.88 Å². The molecule has 0 spiro atoms. The van der Waals surface area contributed by atoms with Gasteiger partial charge in [0, 0.05) is 0 Å². The van der Waals surface area contributed by atoms with Crippen molar-refractivity contribution in [1.29, 1.82) is 0 Å². The molecule has 1 atom stereocenters. The third-order valence-electron chi connectivity index (χ3n) is 2.92. The maximum absolute atomic E-state index is 12.2. The number of thiazole rings is 1. The first kappa shape index (κ1) is 15.7.